The Labute approximate surface area is 182 Å². The number of hydrogen-bond donors (Lipinski definition) is 1. The van der Waals surface area contributed by atoms with Crippen molar-refractivity contribution in [3.63, 3.8) is 0 Å². The van der Waals surface area contributed by atoms with Gasteiger partial charge in [-0.15, -0.1) is 11.3 Å². The first-order chi connectivity index (χ1) is 14.6. The number of thiazole rings is 1. The van der Waals surface area contributed by atoms with E-state index < -0.39 is 0 Å². The highest BCUT2D eigenvalue weighted by Gasteiger charge is 2.32. The second-order valence-corrected chi connectivity index (χ2v) is 9.08. The third-order valence-corrected chi connectivity index (χ3v) is 6.71. The fourth-order valence-electron chi connectivity index (χ4n) is 3.87. The van der Waals surface area contributed by atoms with E-state index in [1.807, 2.05) is 44.2 Å². The van der Waals surface area contributed by atoms with Gasteiger partial charge in [-0.1, -0.05) is 48.6 Å². The fraction of sp³-hybridized carbons (Fsp3) is 0.360. The minimum atomic E-state index is -0.0883. The van der Waals surface area contributed by atoms with Crippen molar-refractivity contribution in [1.82, 2.24) is 10.3 Å². The first-order valence-electron chi connectivity index (χ1n) is 10.6. The van der Waals surface area contributed by atoms with Gasteiger partial charge >= 0.3 is 0 Å². The SMILES string of the molecule is CC(C)OCc1ccccc1CNC(=O)C1CC=CCC1c1nc2ccccc2s1. The molecular weight excluding hydrogens is 392 g/mol. The van der Waals surface area contributed by atoms with Gasteiger partial charge in [-0.25, -0.2) is 4.98 Å². The third-order valence-electron chi connectivity index (χ3n) is 5.54. The molecule has 0 fully saturated rings. The standard InChI is InChI=1S/C25H28N2O2S/c1-17(2)29-16-19-10-4-3-9-18(19)15-26-24(28)20-11-5-6-12-21(20)25-27-22-13-7-8-14-23(22)30-25/h3-10,13-14,17,20-21H,11-12,15-16H2,1-2H3,(H,26,28). The van der Waals surface area contributed by atoms with Crippen molar-refractivity contribution < 1.29 is 9.53 Å². The van der Waals surface area contributed by atoms with Crippen LogP contribution in [-0.2, 0) is 22.7 Å². The van der Waals surface area contributed by atoms with Gasteiger partial charge in [0, 0.05) is 12.5 Å². The molecule has 2 atom stereocenters. The predicted molar refractivity (Wildman–Crippen MR) is 122 cm³/mol. The van der Waals surface area contributed by atoms with Gasteiger partial charge in [0.15, 0.2) is 0 Å². The number of fused-ring (bicyclic) bond motifs is 1. The van der Waals surface area contributed by atoms with Crippen LogP contribution in [0.2, 0.25) is 0 Å². The molecule has 156 valence electrons. The molecule has 5 heteroatoms. The Kier molecular flexibility index (Phi) is 6.60. The quantitative estimate of drug-likeness (QED) is 0.507. The average Bonchev–Trinajstić information content (AvgIpc) is 3.20. The molecule has 30 heavy (non-hydrogen) atoms. The number of ether oxygens (including phenoxy) is 1. The van der Waals surface area contributed by atoms with Crippen LogP contribution in [0, 0.1) is 5.92 Å². The number of aromatic nitrogens is 1. The molecule has 2 unspecified atom stereocenters. The number of benzene rings is 2. The van der Waals surface area contributed by atoms with Crippen molar-refractivity contribution in [2.24, 2.45) is 5.92 Å². The van der Waals surface area contributed by atoms with Crippen LogP contribution >= 0.6 is 11.3 Å². The summed E-state index contributed by atoms with van der Waals surface area (Å²) in [5.74, 6) is 0.143. The molecule has 4 rings (SSSR count). The average molecular weight is 421 g/mol. The topological polar surface area (TPSA) is 51.2 Å². The largest absolute Gasteiger partial charge is 0.374 e. The number of carbonyl (C=O) groups is 1. The number of rotatable bonds is 7. The van der Waals surface area contributed by atoms with Crippen LogP contribution in [0.3, 0.4) is 0 Å². The van der Waals surface area contributed by atoms with E-state index in [9.17, 15) is 4.79 Å². The van der Waals surface area contributed by atoms with E-state index in [1.165, 1.54) is 4.70 Å². The predicted octanol–water partition coefficient (Wildman–Crippen LogP) is 5.59. The van der Waals surface area contributed by atoms with E-state index in [-0.39, 0.29) is 23.8 Å². The zero-order chi connectivity index (χ0) is 20.9. The Morgan fingerprint density at radius 3 is 2.63 bits per heavy atom. The van der Waals surface area contributed by atoms with Crippen molar-refractivity contribution in [1.29, 1.82) is 0 Å². The Hall–Kier alpha value is -2.50. The van der Waals surface area contributed by atoms with Crippen molar-refractivity contribution in [3.8, 4) is 0 Å². The van der Waals surface area contributed by atoms with Crippen molar-refractivity contribution in [2.45, 2.75) is 51.9 Å². The maximum atomic E-state index is 13.1. The summed E-state index contributed by atoms with van der Waals surface area (Å²) in [7, 11) is 0. The molecule has 3 aromatic rings. The summed E-state index contributed by atoms with van der Waals surface area (Å²) < 4.78 is 6.95. The highest BCUT2D eigenvalue weighted by Crippen LogP contribution is 2.38. The zero-order valence-corrected chi connectivity index (χ0v) is 18.3. The lowest BCUT2D eigenvalue weighted by Crippen LogP contribution is -2.34. The van der Waals surface area contributed by atoms with Crippen LogP contribution in [0.1, 0.15) is 48.7 Å². The number of carbonyl (C=O) groups excluding carboxylic acids is 1. The molecule has 4 nitrogen and oxygen atoms in total. The van der Waals surface area contributed by atoms with E-state index in [4.69, 9.17) is 9.72 Å². The summed E-state index contributed by atoms with van der Waals surface area (Å²) in [4.78, 5) is 18.0. The second-order valence-electron chi connectivity index (χ2n) is 8.02. The van der Waals surface area contributed by atoms with Crippen molar-refractivity contribution in [3.05, 3.63) is 76.8 Å². The smallest absolute Gasteiger partial charge is 0.224 e. The molecule has 0 bridgehead atoms. The Balaban J connectivity index is 1.46. The summed E-state index contributed by atoms with van der Waals surface area (Å²) in [5, 5.41) is 4.24. The Morgan fingerprint density at radius 2 is 1.83 bits per heavy atom. The lowest BCUT2D eigenvalue weighted by Gasteiger charge is -2.26. The van der Waals surface area contributed by atoms with E-state index in [1.54, 1.807) is 11.3 Å². The van der Waals surface area contributed by atoms with Gasteiger partial charge < -0.3 is 10.1 Å². The number of allylic oxidation sites excluding steroid dienone is 2. The van der Waals surface area contributed by atoms with E-state index in [2.05, 4.69) is 35.7 Å². The van der Waals surface area contributed by atoms with E-state index >= 15 is 0 Å². The minimum absolute atomic E-state index is 0.0883. The number of nitrogens with one attached hydrogen (secondary N) is 1. The zero-order valence-electron chi connectivity index (χ0n) is 17.5. The maximum absolute atomic E-state index is 13.1. The molecule has 1 aliphatic rings. The molecule has 0 spiro atoms. The summed E-state index contributed by atoms with van der Waals surface area (Å²) >= 11 is 1.71. The molecular formula is C25H28N2O2S. The number of amides is 1. The van der Waals surface area contributed by atoms with Gasteiger partial charge in [-0.3, -0.25) is 4.79 Å². The summed E-state index contributed by atoms with van der Waals surface area (Å²) in [5.41, 5.74) is 3.25. The monoisotopic (exact) mass is 420 g/mol. The van der Waals surface area contributed by atoms with Crippen LogP contribution in [-0.4, -0.2) is 17.0 Å². The van der Waals surface area contributed by atoms with Crippen molar-refractivity contribution in [2.75, 3.05) is 0 Å². The minimum Gasteiger partial charge on any atom is -0.374 e. The highest BCUT2D eigenvalue weighted by atomic mass is 32.1. The van der Waals surface area contributed by atoms with E-state index in [0.29, 0.717) is 13.2 Å². The maximum Gasteiger partial charge on any atom is 0.224 e. The van der Waals surface area contributed by atoms with Crippen LogP contribution in [0.25, 0.3) is 10.2 Å². The molecule has 1 aliphatic carbocycles. The molecule has 0 radical (unpaired) electrons. The first kappa shape index (κ1) is 20.8. The number of para-hydroxylation sites is 1. The van der Waals surface area contributed by atoms with E-state index in [0.717, 1.165) is 34.5 Å². The number of hydrogen-bond acceptors (Lipinski definition) is 4. The van der Waals surface area contributed by atoms with Crippen LogP contribution < -0.4 is 5.32 Å². The van der Waals surface area contributed by atoms with Gasteiger partial charge in [-0.05, 0) is 49.9 Å². The summed E-state index contributed by atoms with van der Waals surface area (Å²) in [6, 6.07) is 16.3. The Bertz CT molecular complexity index is 1010. The molecule has 1 aromatic heterocycles. The van der Waals surface area contributed by atoms with Gasteiger partial charge in [0.1, 0.15) is 0 Å². The molecule has 1 amide bonds. The molecule has 2 aromatic carbocycles. The van der Waals surface area contributed by atoms with Gasteiger partial charge in [-0.2, -0.15) is 0 Å². The fourth-order valence-corrected chi connectivity index (χ4v) is 5.01. The second kappa shape index (κ2) is 9.54. The van der Waals surface area contributed by atoms with Gasteiger partial charge in [0.25, 0.3) is 0 Å². The molecule has 1 heterocycles. The Morgan fingerprint density at radius 1 is 1.10 bits per heavy atom. The van der Waals surface area contributed by atoms with Crippen LogP contribution in [0.5, 0.6) is 0 Å². The lowest BCUT2D eigenvalue weighted by molar-refractivity contribution is -0.125. The molecule has 1 N–H and O–H groups in total. The molecule has 0 aliphatic heterocycles. The van der Waals surface area contributed by atoms with Gasteiger partial charge in [0.2, 0.25) is 5.91 Å². The van der Waals surface area contributed by atoms with Crippen LogP contribution in [0.15, 0.2) is 60.7 Å². The normalized spacial score (nSPS) is 18.8. The first-order valence-corrected chi connectivity index (χ1v) is 11.4. The number of nitrogens with zero attached hydrogens (tertiary/aromatic N) is 1. The summed E-state index contributed by atoms with van der Waals surface area (Å²) in [6.07, 6.45) is 6.09. The van der Waals surface area contributed by atoms with Crippen LogP contribution in [0.4, 0.5) is 0 Å². The highest BCUT2D eigenvalue weighted by molar-refractivity contribution is 7.18. The van der Waals surface area contributed by atoms with Gasteiger partial charge in [0.05, 0.1) is 33.9 Å². The molecule has 0 saturated heterocycles. The summed E-state index contributed by atoms with van der Waals surface area (Å²) in [6.45, 7) is 5.14. The van der Waals surface area contributed by atoms with Crippen molar-refractivity contribution >= 4 is 27.5 Å². The third kappa shape index (κ3) is 4.79. The molecule has 0 saturated carbocycles. The lowest BCUT2D eigenvalue weighted by atomic mass is 9.82.